The highest BCUT2D eigenvalue weighted by Gasteiger charge is 2.19. The third-order valence-corrected chi connectivity index (χ3v) is 4.01. The van der Waals surface area contributed by atoms with E-state index in [1.807, 2.05) is 20.8 Å². The van der Waals surface area contributed by atoms with E-state index in [0.717, 1.165) is 0 Å². The zero-order valence-corrected chi connectivity index (χ0v) is 13.5. The summed E-state index contributed by atoms with van der Waals surface area (Å²) in [5.41, 5.74) is 0.709. The van der Waals surface area contributed by atoms with Crippen LogP contribution in [0.25, 0.3) is 0 Å². The van der Waals surface area contributed by atoms with E-state index in [2.05, 4.69) is 20.8 Å². The van der Waals surface area contributed by atoms with Crippen molar-refractivity contribution in [1.29, 1.82) is 0 Å². The minimum absolute atomic E-state index is 0.111. The Bertz CT molecular complexity index is 613. The molecule has 0 aliphatic carbocycles. The molecule has 1 amide bonds. The zero-order chi connectivity index (χ0) is 15.4. The van der Waals surface area contributed by atoms with Crippen LogP contribution in [0.3, 0.4) is 0 Å². The van der Waals surface area contributed by atoms with Crippen LogP contribution in [0.5, 0.6) is 0 Å². The summed E-state index contributed by atoms with van der Waals surface area (Å²) in [5, 5.41) is 15.3. The Kier molecular flexibility index (Phi) is 5.19. The van der Waals surface area contributed by atoms with Crippen molar-refractivity contribution in [1.82, 2.24) is 20.2 Å². The number of rotatable bonds is 5. The minimum atomic E-state index is -0.316. The molecule has 2 aromatic rings. The zero-order valence-electron chi connectivity index (χ0n) is 11.9. The molecule has 2 rings (SSSR count). The molecular formula is C13H16ClN5OS. The molecule has 21 heavy (non-hydrogen) atoms. The Morgan fingerprint density at radius 3 is 2.57 bits per heavy atom. The quantitative estimate of drug-likeness (QED) is 0.855. The van der Waals surface area contributed by atoms with Gasteiger partial charge >= 0.3 is 0 Å². The van der Waals surface area contributed by atoms with Gasteiger partial charge in [0.15, 0.2) is 0 Å². The van der Waals surface area contributed by atoms with Crippen LogP contribution in [0.15, 0.2) is 29.4 Å². The van der Waals surface area contributed by atoms with E-state index in [1.165, 1.54) is 11.8 Å². The Hall–Kier alpha value is -1.60. The molecule has 1 atom stereocenters. The van der Waals surface area contributed by atoms with Gasteiger partial charge in [-0.05, 0) is 55.5 Å². The Balaban J connectivity index is 1.99. The molecule has 0 aliphatic heterocycles. The summed E-state index contributed by atoms with van der Waals surface area (Å²) < 4.78 is 1.69. The number of hydrogen-bond acceptors (Lipinski definition) is 5. The van der Waals surface area contributed by atoms with E-state index in [9.17, 15) is 4.79 Å². The maximum Gasteiger partial charge on any atom is 0.237 e. The first-order valence-electron chi connectivity index (χ1n) is 6.48. The average Bonchev–Trinajstić information content (AvgIpc) is 2.89. The lowest BCUT2D eigenvalue weighted by Crippen LogP contribution is -2.23. The fourth-order valence-corrected chi connectivity index (χ4v) is 2.62. The predicted octanol–water partition coefficient (Wildman–Crippen LogP) is 3.03. The standard InChI is InChI=1S/C13H16ClN5OS/c1-8(2)19-13(16-17-18-19)21-9(3)12(20)15-11-6-4-10(14)5-7-11/h4-9H,1-3H3,(H,15,20). The second-order valence-electron chi connectivity index (χ2n) is 4.76. The SMILES string of the molecule is CC(Sc1nnnn1C(C)C)C(=O)Nc1ccc(Cl)cc1. The highest BCUT2D eigenvalue weighted by molar-refractivity contribution is 8.00. The van der Waals surface area contributed by atoms with Crippen molar-refractivity contribution in [3.05, 3.63) is 29.3 Å². The number of nitrogens with zero attached hydrogens (tertiary/aromatic N) is 4. The van der Waals surface area contributed by atoms with Gasteiger partial charge in [0.2, 0.25) is 11.1 Å². The number of amides is 1. The molecule has 1 aromatic heterocycles. The Morgan fingerprint density at radius 2 is 1.95 bits per heavy atom. The molecule has 0 aliphatic rings. The largest absolute Gasteiger partial charge is 0.325 e. The number of anilines is 1. The van der Waals surface area contributed by atoms with Crippen molar-refractivity contribution in [3.63, 3.8) is 0 Å². The van der Waals surface area contributed by atoms with Crippen LogP contribution in [-0.2, 0) is 4.79 Å². The molecule has 0 spiro atoms. The van der Waals surface area contributed by atoms with Gasteiger partial charge in [-0.1, -0.05) is 23.4 Å². The minimum Gasteiger partial charge on any atom is -0.325 e. The summed E-state index contributed by atoms with van der Waals surface area (Å²) in [6.45, 7) is 5.78. The van der Waals surface area contributed by atoms with E-state index in [1.54, 1.807) is 28.9 Å². The summed E-state index contributed by atoms with van der Waals surface area (Å²) in [6.07, 6.45) is 0. The van der Waals surface area contributed by atoms with E-state index in [4.69, 9.17) is 11.6 Å². The van der Waals surface area contributed by atoms with Gasteiger partial charge in [0.25, 0.3) is 0 Å². The van der Waals surface area contributed by atoms with Crippen LogP contribution in [0.2, 0.25) is 5.02 Å². The van der Waals surface area contributed by atoms with E-state index in [0.29, 0.717) is 15.9 Å². The van der Waals surface area contributed by atoms with Crippen LogP contribution in [0.4, 0.5) is 5.69 Å². The molecule has 1 aromatic carbocycles. The van der Waals surface area contributed by atoms with Gasteiger partial charge in [-0.25, -0.2) is 4.68 Å². The van der Waals surface area contributed by atoms with Crippen molar-refractivity contribution in [2.24, 2.45) is 0 Å². The number of carbonyl (C=O) groups excluding carboxylic acids is 1. The van der Waals surface area contributed by atoms with Gasteiger partial charge in [-0.2, -0.15) is 0 Å². The van der Waals surface area contributed by atoms with Crippen LogP contribution < -0.4 is 5.32 Å². The number of carbonyl (C=O) groups is 1. The van der Waals surface area contributed by atoms with Crippen LogP contribution in [0, 0.1) is 0 Å². The molecular weight excluding hydrogens is 310 g/mol. The number of nitrogens with one attached hydrogen (secondary N) is 1. The second kappa shape index (κ2) is 6.91. The predicted molar refractivity (Wildman–Crippen MR) is 83.6 cm³/mol. The van der Waals surface area contributed by atoms with E-state index >= 15 is 0 Å². The Morgan fingerprint density at radius 1 is 1.29 bits per heavy atom. The molecule has 0 radical (unpaired) electrons. The molecule has 0 bridgehead atoms. The molecule has 0 saturated heterocycles. The normalized spacial score (nSPS) is 12.4. The molecule has 1 heterocycles. The fourth-order valence-electron chi connectivity index (χ4n) is 1.58. The van der Waals surface area contributed by atoms with Crippen LogP contribution in [0.1, 0.15) is 26.8 Å². The molecule has 0 fully saturated rings. The first-order chi connectivity index (χ1) is 9.97. The third-order valence-electron chi connectivity index (χ3n) is 2.71. The van der Waals surface area contributed by atoms with E-state index < -0.39 is 0 Å². The molecule has 0 saturated carbocycles. The lowest BCUT2D eigenvalue weighted by molar-refractivity contribution is -0.115. The molecule has 1 unspecified atom stereocenters. The van der Waals surface area contributed by atoms with Crippen molar-refractivity contribution in [2.45, 2.75) is 37.2 Å². The number of hydrogen-bond donors (Lipinski definition) is 1. The number of benzene rings is 1. The number of thioether (sulfide) groups is 1. The number of aromatic nitrogens is 4. The van der Waals surface area contributed by atoms with E-state index in [-0.39, 0.29) is 17.2 Å². The van der Waals surface area contributed by atoms with Gasteiger partial charge in [-0.3, -0.25) is 4.79 Å². The number of tetrazole rings is 1. The van der Waals surface area contributed by atoms with Gasteiger partial charge in [0, 0.05) is 10.7 Å². The average molecular weight is 326 g/mol. The molecule has 6 nitrogen and oxygen atoms in total. The lowest BCUT2D eigenvalue weighted by atomic mass is 10.3. The van der Waals surface area contributed by atoms with Gasteiger partial charge in [-0.15, -0.1) is 5.10 Å². The Labute approximate surface area is 132 Å². The number of halogens is 1. The summed E-state index contributed by atoms with van der Waals surface area (Å²) in [5.74, 6) is -0.111. The highest BCUT2D eigenvalue weighted by Crippen LogP contribution is 2.23. The van der Waals surface area contributed by atoms with Crippen LogP contribution in [-0.4, -0.2) is 31.4 Å². The summed E-state index contributed by atoms with van der Waals surface area (Å²) in [6, 6.07) is 7.13. The summed E-state index contributed by atoms with van der Waals surface area (Å²) in [7, 11) is 0. The van der Waals surface area contributed by atoms with Crippen molar-refractivity contribution < 1.29 is 4.79 Å². The highest BCUT2D eigenvalue weighted by atomic mass is 35.5. The second-order valence-corrected chi connectivity index (χ2v) is 6.50. The smallest absolute Gasteiger partial charge is 0.237 e. The lowest BCUT2D eigenvalue weighted by Gasteiger charge is -2.12. The van der Waals surface area contributed by atoms with Crippen molar-refractivity contribution in [3.8, 4) is 0 Å². The van der Waals surface area contributed by atoms with Crippen molar-refractivity contribution >= 4 is 35.0 Å². The van der Waals surface area contributed by atoms with Gasteiger partial charge in [0.05, 0.1) is 11.3 Å². The molecule has 8 heteroatoms. The first kappa shape index (κ1) is 15.8. The van der Waals surface area contributed by atoms with Gasteiger partial charge in [0.1, 0.15) is 0 Å². The monoisotopic (exact) mass is 325 g/mol. The fraction of sp³-hybridized carbons (Fsp3) is 0.385. The van der Waals surface area contributed by atoms with Crippen LogP contribution >= 0.6 is 23.4 Å². The summed E-state index contributed by atoms with van der Waals surface area (Å²) in [4.78, 5) is 12.2. The summed E-state index contributed by atoms with van der Waals surface area (Å²) >= 11 is 7.14. The molecule has 1 N–H and O–H groups in total. The first-order valence-corrected chi connectivity index (χ1v) is 7.74. The maximum absolute atomic E-state index is 12.2. The maximum atomic E-state index is 12.2. The third kappa shape index (κ3) is 4.18. The topological polar surface area (TPSA) is 72.7 Å². The van der Waals surface area contributed by atoms with Crippen molar-refractivity contribution in [2.75, 3.05) is 5.32 Å². The van der Waals surface area contributed by atoms with Gasteiger partial charge < -0.3 is 5.32 Å². The molecule has 112 valence electrons.